The molecule has 2 aliphatic heterocycles. The summed E-state index contributed by atoms with van der Waals surface area (Å²) in [7, 11) is 0. The van der Waals surface area contributed by atoms with Gasteiger partial charge in [-0.05, 0) is 82.7 Å². The molecule has 9 heteroatoms. The normalized spacial score (nSPS) is 16.4. The molecule has 0 bridgehead atoms. The fraction of sp³-hybridized carbons (Fsp3) is 0.548. The number of aromatic nitrogens is 1. The zero-order valence-corrected chi connectivity index (χ0v) is 24.9. The summed E-state index contributed by atoms with van der Waals surface area (Å²) >= 11 is 1.54. The third-order valence-electron chi connectivity index (χ3n) is 7.48. The highest BCUT2D eigenvalue weighted by molar-refractivity contribution is 7.98. The zero-order valence-electron chi connectivity index (χ0n) is 24.1. The molecule has 40 heavy (non-hydrogen) atoms. The maximum atomic E-state index is 11.9. The van der Waals surface area contributed by atoms with Crippen molar-refractivity contribution in [1.82, 2.24) is 15.2 Å². The lowest BCUT2D eigenvalue weighted by molar-refractivity contribution is 0.0523. The van der Waals surface area contributed by atoms with E-state index in [2.05, 4.69) is 27.3 Å². The van der Waals surface area contributed by atoms with Crippen molar-refractivity contribution in [2.75, 3.05) is 31.1 Å². The third kappa shape index (κ3) is 7.47. The standard InChI is InChI=1S/C31H40N6O2S/c1-5-25-26(18-32)28(37-16-12-24(13-17-37)36-14-6-7-15-36)35-29(27(25)19-33)40-21-23-10-8-22(9-11-23)20-34-30(38)39-31(2,3)4/h8-11,24H,5-7,12-17,20-21H2,1-4H3,(H,34,38). The van der Waals surface area contributed by atoms with Crippen LogP contribution in [0.3, 0.4) is 0 Å². The van der Waals surface area contributed by atoms with Crippen LogP contribution in [0.25, 0.3) is 0 Å². The molecule has 0 unspecified atom stereocenters. The van der Waals surface area contributed by atoms with Gasteiger partial charge in [-0.2, -0.15) is 10.5 Å². The van der Waals surface area contributed by atoms with Gasteiger partial charge in [-0.1, -0.05) is 31.2 Å². The molecular weight excluding hydrogens is 520 g/mol. The summed E-state index contributed by atoms with van der Waals surface area (Å²) < 4.78 is 5.30. The van der Waals surface area contributed by atoms with Gasteiger partial charge in [-0.25, -0.2) is 9.78 Å². The molecule has 1 aromatic carbocycles. The van der Waals surface area contributed by atoms with Crippen LogP contribution in [-0.2, 0) is 23.5 Å². The van der Waals surface area contributed by atoms with Gasteiger partial charge in [0.25, 0.3) is 0 Å². The molecule has 212 valence electrons. The number of nitrogens with zero attached hydrogens (tertiary/aromatic N) is 5. The van der Waals surface area contributed by atoms with E-state index in [1.165, 1.54) is 37.7 Å². The van der Waals surface area contributed by atoms with Crippen molar-refractivity contribution in [2.24, 2.45) is 0 Å². The highest BCUT2D eigenvalue weighted by atomic mass is 32.2. The smallest absolute Gasteiger partial charge is 0.407 e. The van der Waals surface area contributed by atoms with Gasteiger partial charge in [0.05, 0.1) is 11.1 Å². The van der Waals surface area contributed by atoms with Crippen LogP contribution in [0.1, 0.15) is 81.2 Å². The van der Waals surface area contributed by atoms with Gasteiger partial charge >= 0.3 is 6.09 Å². The lowest BCUT2D eigenvalue weighted by Gasteiger charge is -2.37. The molecule has 0 atom stereocenters. The Morgan fingerprint density at radius 2 is 1.68 bits per heavy atom. The number of alkyl carbamates (subject to hydrolysis) is 1. The molecular formula is C31H40N6O2S. The van der Waals surface area contributed by atoms with Crippen molar-refractivity contribution in [3.05, 3.63) is 52.1 Å². The third-order valence-corrected chi connectivity index (χ3v) is 8.53. The number of carbonyl (C=O) groups is 1. The maximum Gasteiger partial charge on any atom is 0.407 e. The molecule has 3 heterocycles. The first-order chi connectivity index (χ1) is 19.2. The number of thioether (sulfide) groups is 1. The number of piperidine rings is 1. The van der Waals surface area contributed by atoms with Crippen molar-refractivity contribution >= 4 is 23.7 Å². The monoisotopic (exact) mass is 560 g/mol. The van der Waals surface area contributed by atoms with E-state index in [4.69, 9.17) is 9.72 Å². The molecule has 0 saturated carbocycles. The van der Waals surface area contributed by atoms with Gasteiger partial charge < -0.3 is 19.9 Å². The van der Waals surface area contributed by atoms with Crippen LogP contribution >= 0.6 is 11.8 Å². The molecule has 2 aliphatic rings. The second-order valence-corrected chi connectivity index (χ2v) is 12.4. The number of pyridine rings is 1. The Morgan fingerprint density at radius 3 is 2.25 bits per heavy atom. The fourth-order valence-electron chi connectivity index (χ4n) is 5.46. The van der Waals surface area contributed by atoms with Crippen LogP contribution in [0, 0.1) is 22.7 Å². The molecule has 0 radical (unpaired) electrons. The molecule has 2 aromatic rings. The van der Waals surface area contributed by atoms with Crippen LogP contribution in [-0.4, -0.2) is 53.8 Å². The number of hydrogen-bond acceptors (Lipinski definition) is 8. The highest BCUT2D eigenvalue weighted by Gasteiger charge is 2.29. The molecule has 2 saturated heterocycles. The minimum atomic E-state index is -0.533. The average molecular weight is 561 g/mol. The van der Waals surface area contributed by atoms with E-state index in [1.54, 1.807) is 0 Å². The fourth-order valence-corrected chi connectivity index (χ4v) is 6.42. The summed E-state index contributed by atoms with van der Waals surface area (Å²) in [6.45, 7) is 12.0. The van der Waals surface area contributed by atoms with Crippen molar-refractivity contribution in [1.29, 1.82) is 10.5 Å². The number of likely N-dealkylation sites (tertiary alicyclic amines) is 1. The Labute approximate surface area is 242 Å². The van der Waals surface area contributed by atoms with E-state index in [0.29, 0.717) is 40.9 Å². The van der Waals surface area contributed by atoms with E-state index in [0.717, 1.165) is 48.4 Å². The summed E-state index contributed by atoms with van der Waals surface area (Å²) in [4.78, 5) is 21.8. The molecule has 1 N–H and O–H groups in total. The van der Waals surface area contributed by atoms with Gasteiger partial charge in [-0.15, -0.1) is 11.8 Å². The van der Waals surface area contributed by atoms with Crippen molar-refractivity contribution in [3.8, 4) is 12.1 Å². The zero-order chi connectivity index (χ0) is 28.7. The largest absolute Gasteiger partial charge is 0.444 e. The van der Waals surface area contributed by atoms with E-state index in [-0.39, 0.29) is 0 Å². The summed E-state index contributed by atoms with van der Waals surface area (Å²) in [6, 6.07) is 13.4. The molecule has 0 aliphatic carbocycles. The van der Waals surface area contributed by atoms with Gasteiger partial charge in [0.1, 0.15) is 28.6 Å². The van der Waals surface area contributed by atoms with Crippen molar-refractivity contribution in [2.45, 2.75) is 88.8 Å². The van der Waals surface area contributed by atoms with Gasteiger partial charge in [0.2, 0.25) is 0 Å². The minimum absolute atomic E-state index is 0.385. The van der Waals surface area contributed by atoms with E-state index in [1.807, 2.05) is 52.0 Å². The number of amides is 1. The number of carbonyl (C=O) groups excluding carboxylic acids is 1. The Morgan fingerprint density at radius 1 is 1.05 bits per heavy atom. The van der Waals surface area contributed by atoms with Crippen LogP contribution in [0.15, 0.2) is 29.3 Å². The molecule has 0 spiro atoms. The topological polar surface area (TPSA) is 105 Å². The first-order valence-electron chi connectivity index (χ1n) is 14.3. The van der Waals surface area contributed by atoms with Crippen LogP contribution < -0.4 is 10.2 Å². The summed E-state index contributed by atoms with van der Waals surface area (Å²) in [5.74, 6) is 1.37. The number of anilines is 1. The number of nitrogens with one attached hydrogen (secondary N) is 1. The van der Waals surface area contributed by atoms with Gasteiger partial charge in [0.15, 0.2) is 0 Å². The van der Waals surface area contributed by atoms with E-state index in [9.17, 15) is 15.3 Å². The van der Waals surface area contributed by atoms with Crippen LogP contribution in [0.5, 0.6) is 0 Å². The Bertz CT molecular complexity index is 1260. The van der Waals surface area contributed by atoms with Gasteiger partial charge in [0, 0.05) is 31.4 Å². The number of benzene rings is 1. The molecule has 2 fully saturated rings. The van der Waals surface area contributed by atoms with E-state index >= 15 is 0 Å². The highest BCUT2D eigenvalue weighted by Crippen LogP contribution is 2.35. The first-order valence-corrected chi connectivity index (χ1v) is 15.2. The van der Waals surface area contributed by atoms with Crippen LogP contribution in [0.4, 0.5) is 10.6 Å². The maximum absolute atomic E-state index is 11.9. The number of ether oxygens (including phenoxy) is 1. The average Bonchev–Trinajstić information content (AvgIpc) is 3.49. The second kappa shape index (κ2) is 13.4. The Balaban J connectivity index is 1.45. The quantitative estimate of drug-likeness (QED) is 0.406. The summed E-state index contributed by atoms with van der Waals surface area (Å²) in [5, 5.41) is 23.6. The summed E-state index contributed by atoms with van der Waals surface area (Å²) in [6.07, 6.45) is 4.91. The van der Waals surface area contributed by atoms with Crippen LogP contribution in [0.2, 0.25) is 0 Å². The van der Waals surface area contributed by atoms with Crippen molar-refractivity contribution < 1.29 is 9.53 Å². The van der Waals surface area contributed by atoms with Gasteiger partial charge in [-0.3, -0.25) is 0 Å². The predicted molar refractivity (Wildman–Crippen MR) is 158 cm³/mol. The molecule has 4 rings (SSSR count). The molecule has 1 amide bonds. The van der Waals surface area contributed by atoms with Crippen molar-refractivity contribution in [3.63, 3.8) is 0 Å². The SMILES string of the molecule is CCc1c(C#N)c(SCc2ccc(CNC(=O)OC(C)(C)C)cc2)nc(N2CCC(N3CCCC3)CC2)c1C#N. The van der Waals surface area contributed by atoms with E-state index < -0.39 is 11.7 Å². The number of hydrogen-bond donors (Lipinski definition) is 1. The number of nitriles is 2. The number of rotatable bonds is 8. The minimum Gasteiger partial charge on any atom is -0.444 e. The Kier molecular flexibility index (Phi) is 9.95. The predicted octanol–water partition coefficient (Wildman–Crippen LogP) is 5.77. The second-order valence-electron chi connectivity index (χ2n) is 11.5. The first kappa shape index (κ1) is 29.7. The Hall–Kier alpha value is -3.27. The molecule has 1 aromatic heterocycles. The lowest BCUT2D eigenvalue weighted by atomic mass is 9.99. The lowest BCUT2D eigenvalue weighted by Crippen LogP contribution is -2.44. The molecule has 8 nitrogen and oxygen atoms in total. The summed E-state index contributed by atoms with van der Waals surface area (Å²) in [5.41, 5.74) is 3.38.